The third-order valence-corrected chi connectivity index (χ3v) is 6.92. The molecule has 9 heteroatoms. The van der Waals surface area contributed by atoms with Crippen LogP contribution in [0.3, 0.4) is 0 Å². The minimum atomic E-state index is -0.668. The van der Waals surface area contributed by atoms with Gasteiger partial charge >= 0.3 is 5.69 Å². The lowest BCUT2D eigenvalue weighted by molar-refractivity contribution is -0.00724. The molecular formula is C27H29N3O6. The molecule has 0 aliphatic carbocycles. The largest absolute Gasteiger partial charge is 0.502 e. The first kappa shape index (κ1) is 23.7. The second kappa shape index (κ2) is 8.30. The first-order valence-electron chi connectivity index (χ1n) is 11.6. The molecule has 2 aromatic carbocycles. The molecule has 4 aromatic rings. The third-order valence-electron chi connectivity index (χ3n) is 6.92. The highest BCUT2D eigenvalue weighted by molar-refractivity contribution is 5.96. The number of rotatable bonds is 4. The summed E-state index contributed by atoms with van der Waals surface area (Å²) in [5.74, 6) is 0.341. The van der Waals surface area contributed by atoms with Gasteiger partial charge in [-0.05, 0) is 37.1 Å². The molecule has 5 rings (SSSR count). The molecule has 2 aromatic heterocycles. The second-order valence-electron chi connectivity index (χ2n) is 9.64. The van der Waals surface area contributed by atoms with Gasteiger partial charge in [0, 0.05) is 14.1 Å². The maximum absolute atomic E-state index is 13.6. The van der Waals surface area contributed by atoms with Crippen LogP contribution in [0.2, 0.25) is 0 Å². The van der Waals surface area contributed by atoms with Crippen LogP contribution in [0.1, 0.15) is 31.2 Å². The molecule has 0 radical (unpaired) electrons. The molecule has 0 saturated heterocycles. The van der Waals surface area contributed by atoms with Crippen LogP contribution in [0.4, 0.5) is 0 Å². The van der Waals surface area contributed by atoms with Gasteiger partial charge in [0.15, 0.2) is 11.5 Å². The number of benzene rings is 2. The zero-order chi connectivity index (χ0) is 25.9. The average Bonchev–Trinajstić information content (AvgIpc) is 3.25. The van der Waals surface area contributed by atoms with Crippen LogP contribution in [-0.2, 0) is 24.4 Å². The van der Waals surface area contributed by atoms with E-state index in [4.69, 9.17) is 14.2 Å². The first-order valence-corrected chi connectivity index (χ1v) is 11.6. The minimum Gasteiger partial charge on any atom is -0.502 e. The van der Waals surface area contributed by atoms with E-state index in [0.29, 0.717) is 28.8 Å². The predicted molar refractivity (Wildman–Crippen MR) is 136 cm³/mol. The van der Waals surface area contributed by atoms with Crippen molar-refractivity contribution in [1.29, 1.82) is 0 Å². The van der Waals surface area contributed by atoms with E-state index in [-0.39, 0.29) is 22.8 Å². The van der Waals surface area contributed by atoms with E-state index in [2.05, 4.69) is 4.57 Å². The molecular weight excluding hydrogens is 462 g/mol. The number of fused-ring (bicyclic) bond motifs is 3. The summed E-state index contributed by atoms with van der Waals surface area (Å²) in [5.41, 5.74) is 2.09. The number of methoxy groups -OCH3 is 2. The Balaban J connectivity index is 1.98. The number of hydrogen-bond acceptors (Lipinski definition) is 6. The lowest BCUT2D eigenvalue weighted by Gasteiger charge is -2.39. The molecule has 0 amide bonds. The van der Waals surface area contributed by atoms with E-state index in [1.807, 2.05) is 44.2 Å². The number of phenols is 1. The number of hydrogen-bond donors (Lipinski definition) is 1. The summed E-state index contributed by atoms with van der Waals surface area (Å²) in [6.45, 7) is 4.42. The summed E-state index contributed by atoms with van der Waals surface area (Å²) in [6, 6.07) is 13.1. The molecule has 1 atom stereocenters. The van der Waals surface area contributed by atoms with Gasteiger partial charge in [0.25, 0.3) is 5.56 Å². The topological polar surface area (TPSA) is 96.9 Å². The van der Waals surface area contributed by atoms with Crippen LogP contribution in [0.25, 0.3) is 22.2 Å². The van der Waals surface area contributed by atoms with E-state index >= 15 is 0 Å². The Hall–Kier alpha value is -3.98. The van der Waals surface area contributed by atoms with Crippen molar-refractivity contribution in [3.8, 4) is 28.5 Å². The van der Waals surface area contributed by atoms with E-state index in [9.17, 15) is 14.7 Å². The van der Waals surface area contributed by atoms with Gasteiger partial charge in [0.1, 0.15) is 6.10 Å². The van der Waals surface area contributed by atoms with Gasteiger partial charge < -0.3 is 23.9 Å². The Morgan fingerprint density at radius 3 is 2.19 bits per heavy atom. The van der Waals surface area contributed by atoms with Crippen LogP contribution in [-0.4, -0.2) is 39.6 Å². The highest BCUT2D eigenvalue weighted by Crippen LogP contribution is 2.48. The molecule has 1 unspecified atom stereocenters. The summed E-state index contributed by atoms with van der Waals surface area (Å²) in [7, 11) is 6.07. The zero-order valence-electron chi connectivity index (χ0n) is 21.2. The second-order valence-corrected chi connectivity index (χ2v) is 9.64. The molecule has 1 N–H and O–H groups in total. The number of aromatic nitrogens is 3. The van der Waals surface area contributed by atoms with Crippen molar-refractivity contribution < 1.29 is 19.3 Å². The molecule has 188 valence electrons. The van der Waals surface area contributed by atoms with Crippen molar-refractivity contribution in [3.05, 3.63) is 74.6 Å². The van der Waals surface area contributed by atoms with Crippen LogP contribution in [0.15, 0.2) is 52.1 Å². The summed E-state index contributed by atoms with van der Waals surface area (Å²) in [5, 5.41) is 10.9. The fourth-order valence-corrected chi connectivity index (χ4v) is 5.19. The van der Waals surface area contributed by atoms with Gasteiger partial charge in [-0.2, -0.15) is 0 Å². The molecule has 36 heavy (non-hydrogen) atoms. The number of nitrogens with zero attached hydrogens (tertiary/aromatic N) is 3. The van der Waals surface area contributed by atoms with Crippen molar-refractivity contribution in [1.82, 2.24) is 13.7 Å². The van der Waals surface area contributed by atoms with Gasteiger partial charge in [0.2, 0.25) is 5.75 Å². The van der Waals surface area contributed by atoms with Crippen LogP contribution >= 0.6 is 0 Å². The van der Waals surface area contributed by atoms with Crippen molar-refractivity contribution in [2.45, 2.75) is 25.5 Å². The fourth-order valence-electron chi connectivity index (χ4n) is 5.19. The normalized spacial score (nSPS) is 16.7. The van der Waals surface area contributed by atoms with E-state index in [1.165, 1.54) is 25.8 Å². The van der Waals surface area contributed by atoms with Crippen LogP contribution in [0.5, 0.6) is 17.2 Å². The molecule has 0 bridgehead atoms. The lowest BCUT2D eigenvalue weighted by Crippen LogP contribution is -2.40. The van der Waals surface area contributed by atoms with Crippen LogP contribution in [0, 0.1) is 0 Å². The van der Waals surface area contributed by atoms with Gasteiger partial charge in [-0.25, -0.2) is 4.79 Å². The SMILES string of the molecule is COc1cc(C2OCC(C)(C)n3c(-c4ccccc4)c4c(=O)n(C)c(=O)n(C)c4c32)cc(OC)c1O. The minimum absolute atomic E-state index is 0.119. The van der Waals surface area contributed by atoms with Crippen molar-refractivity contribution in [2.24, 2.45) is 14.1 Å². The van der Waals surface area contributed by atoms with Gasteiger partial charge in [-0.15, -0.1) is 0 Å². The Labute approximate surface area is 207 Å². The molecule has 1 aliphatic rings. The maximum atomic E-state index is 13.6. The molecule has 1 aliphatic heterocycles. The monoisotopic (exact) mass is 491 g/mol. The van der Waals surface area contributed by atoms with Gasteiger partial charge in [0.05, 0.1) is 48.7 Å². The van der Waals surface area contributed by atoms with Gasteiger partial charge in [-0.3, -0.25) is 13.9 Å². The Kier molecular flexibility index (Phi) is 5.48. The highest BCUT2D eigenvalue weighted by atomic mass is 16.5. The van der Waals surface area contributed by atoms with E-state index in [0.717, 1.165) is 15.8 Å². The van der Waals surface area contributed by atoms with Gasteiger partial charge in [-0.1, -0.05) is 30.3 Å². The Bertz CT molecular complexity index is 1590. The standard InChI is InChI=1S/C27H29N3O6/c1-27(2)14-36-24(16-12-17(34-5)23(31)18(13-16)35-6)22-21-19(25(32)29(4)26(33)28(21)3)20(30(22)27)15-10-8-7-9-11-15/h7-13,24,31H,14H2,1-6H3. The predicted octanol–water partition coefficient (Wildman–Crippen LogP) is 3.28. The highest BCUT2D eigenvalue weighted by Gasteiger charge is 2.41. The number of ether oxygens (including phenoxy) is 3. The number of aromatic hydroxyl groups is 1. The first-order chi connectivity index (χ1) is 17.1. The molecule has 0 fully saturated rings. The molecule has 0 saturated carbocycles. The van der Waals surface area contributed by atoms with E-state index in [1.54, 1.807) is 19.2 Å². The molecule has 3 heterocycles. The fraction of sp³-hybridized carbons (Fsp3) is 0.333. The van der Waals surface area contributed by atoms with Crippen LogP contribution < -0.4 is 20.7 Å². The number of aryl methyl sites for hydroxylation is 1. The smallest absolute Gasteiger partial charge is 0.331 e. The van der Waals surface area contributed by atoms with Crippen molar-refractivity contribution >= 4 is 10.9 Å². The Morgan fingerprint density at radius 2 is 1.61 bits per heavy atom. The number of phenolic OH excluding ortho intramolecular Hbond substituents is 1. The maximum Gasteiger partial charge on any atom is 0.331 e. The summed E-state index contributed by atoms with van der Waals surface area (Å²) in [6.07, 6.45) is -0.668. The third kappa shape index (κ3) is 3.26. The Morgan fingerprint density at radius 1 is 1.00 bits per heavy atom. The molecule has 0 spiro atoms. The zero-order valence-corrected chi connectivity index (χ0v) is 21.2. The quantitative estimate of drug-likeness (QED) is 0.471. The van der Waals surface area contributed by atoms with Crippen molar-refractivity contribution in [3.63, 3.8) is 0 Å². The molecule has 9 nitrogen and oxygen atoms in total. The average molecular weight is 492 g/mol. The van der Waals surface area contributed by atoms with E-state index < -0.39 is 17.3 Å². The van der Waals surface area contributed by atoms with Crippen molar-refractivity contribution in [2.75, 3.05) is 20.8 Å². The lowest BCUT2D eigenvalue weighted by atomic mass is 9.97. The summed E-state index contributed by atoms with van der Waals surface area (Å²) in [4.78, 5) is 26.7. The summed E-state index contributed by atoms with van der Waals surface area (Å²) >= 11 is 0. The summed E-state index contributed by atoms with van der Waals surface area (Å²) < 4.78 is 22.0.